The van der Waals surface area contributed by atoms with Crippen molar-refractivity contribution in [2.75, 3.05) is 13.1 Å². The zero-order valence-electron chi connectivity index (χ0n) is 11.4. The summed E-state index contributed by atoms with van der Waals surface area (Å²) in [6.07, 6.45) is 1.88. The second-order valence-electron chi connectivity index (χ2n) is 5.20. The van der Waals surface area contributed by atoms with Gasteiger partial charge in [0.15, 0.2) is 5.78 Å². The van der Waals surface area contributed by atoms with Gasteiger partial charge in [-0.15, -0.1) is 0 Å². The molecule has 1 aromatic carbocycles. The van der Waals surface area contributed by atoms with Crippen LogP contribution >= 0.6 is 11.6 Å². The lowest BCUT2D eigenvalue weighted by Gasteiger charge is -2.22. The second-order valence-corrected chi connectivity index (χ2v) is 5.60. The molecule has 0 saturated carbocycles. The first-order chi connectivity index (χ1) is 9.08. The van der Waals surface area contributed by atoms with Crippen LogP contribution in [0.3, 0.4) is 0 Å². The molecular formula is C15H20ClNO2. The minimum atomic E-state index is 0.0932. The number of halogens is 1. The predicted octanol–water partition coefficient (Wildman–Crippen LogP) is 3.31. The van der Waals surface area contributed by atoms with Crippen molar-refractivity contribution in [2.45, 2.75) is 32.8 Å². The summed E-state index contributed by atoms with van der Waals surface area (Å²) in [5.74, 6) is 0.958. The molecule has 4 heteroatoms. The fourth-order valence-electron chi connectivity index (χ4n) is 2.35. The summed E-state index contributed by atoms with van der Waals surface area (Å²) in [6.45, 7) is 5.73. The molecule has 0 aromatic heterocycles. The molecular weight excluding hydrogens is 262 g/mol. The van der Waals surface area contributed by atoms with E-state index in [1.807, 2.05) is 19.9 Å². The van der Waals surface area contributed by atoms with Crippen LogP contribution in [0.2, 0.25) is 5.02 Å². The fraction of sp³-hybridized carbons (Fsp3) is 0.533. The summed E-state index contributed by atoms with van der Waals surface area (Å²) in [4.78, 5) is 12.4. The zero-order chi connectivity index (χ0) is 13.8. The number of Topliss-reactive ketones (excluding diaryl/α,β-unsaturated/α-hetero) is 1. The van der Waals surface area contributed by atoms with E-state index >= 15 is 0 Å². The van der Waals surface area contributed by atoms with E-state index in [9.17, 15) is 4.79 Å². The number of carbonyl (C=O) groups excluding carboxylic acids is 1. The third kappa shape index (κ3) is 3.71. The quantitative estimate of drug-likeness (QED) is 0.861. The van der Waals surface area contributed by atoms with Gasteiger partial charge >= 0.3 is 0 Å². The van der Waals surface area contributed by atoms with Crippen molar-refractivity contribution in [3.05, 3.63) is 28.8 Å². The third-order valence-electron chi connectivity index (χ3n) is 3.29. The lowest BCUT2D eigenvalue weighted by molar-refractivity contribution is 0.0895. The van der Waals surface area contributed by atoms with Crippen LogP contribution in [0.15, 0.2) is 18.2 Å². The molecule has 3 nitrogen and oxygen atoms in total. The Hall–Kier alpha value is -1.06. The topological polar surface area (TPSA) is 38.3 Å². The maximum atomic E-state index is 12.4. The maximum Gasteiger partial charge on any atom is 0.167 e. The van der Waals surface area contributed by atoms with E-state index in [-0.39, 0.29) is 17.8 Å². The largest absolute Gasteiger partial charge is 0.491 e. The first kappa shape index (κ1) is 14.4. The number of ketones is 1. The van der Waals surface area contributed by atoms with Gasteiger partial charge in [0.2, 0.25) is 0 Å². The van der Waals surface area contributed by atoms with Crippen LogP contribution < -0.4 is 10.1 Å². The molecule has 104 valence electrons. The van der Waals surface area contributed by atoms with E-state index < -0.39 is 0 Å². The fourth-order valence-corrected chi connectivity index (χ4v) is 2.61. The molecule has 1 fully saturated rings. The van der Waals surface area contributed by atoms with Gasteiger partial charge in [0.05, 0.1) is 11.1 Å². The van der Waals surface area contributed by atoms with Crippen LogP contribution in [0.5, 0.6) is 5.75 Å². The summed E-state index contributed by atoms with van der Waals surface area (Å²) in [5.41, 5.74) is 0.615. The van der Waals surface area contributed by atoms with Crippen molar-refractivity contribution < 1.29 is 9.53 Å². The van der Waals surface area contributed by atoms with Crippen molar-refractivity contribution >= 4 is 17.4 Å². The van der Waals surface area contributed by atoms with Crippen molar-refractivity contribution in [1.29, 1.82) is 0 Å². The minimum Gasteiger partial charge on any atom is -0.491 e. The van der Waals surface area contributed by atoms with E-state index in [2.05, 4.69) is 5.32 Å². The number of carbonyl (C=O) groups is 1. The van der Waals surface area contributed by atoms with Gasteiger partial charge in [-0.05, 0) is 58.0 Å². The van der Waals surface area contributed by atoms with Crippen LogP contribution in [0.25, 0.3) is 0 Å². The first-order valence-corrected chi connectivity index (χ1v) is 7.17. The number of hydrogen-bond donors (Lipinski definition) is 1. The highest BCUT2D eigenvalue weighted by Crippen LogP contribution is 2.27. The molecule has 0 aliphatic carbocycles. The Labute approximate surface area is 119 Å². The number of nitrogens with one attached hydrogen (secondary N) is 1. The summed E-state index contributed by atoms with van der Waals surface area (Å²) in [7, 11) is 0. The number of ether oxygens (including phenoxy) is 1. The molecule has 1 aromatic rings. The molecule has 1 heterocycles. The Morgan fingerprint density at radius 1 is 1.37 bits per heavy atom. The van der Waals surface area contributed by atoms with Gasteiger partial charge in [-0.1, -0.05) is 11.6 Å². The van der Waals surface area contributed by atoms with E-state index in [1.165, 1.54) is 0 Å². The molecule has 0 spiro atoms. The Kier molecular flexibility index (Phi) is 4.83. The summed E-state index contributed by atoms with van der Waals surface area (Å²) >= 11 is 6.21. The highest BCUT2D eigenvalue weighted by atomic mass is 35.5. The van der Waals surface area contributed by atoms with Crippen LogP contribution in [-0.2, 0) is 0 Å². The molecule has 0 bridgehead atoms. The molecule has 0 unspecified atom stereocenters. The van der Waals surface area contributed by atoms with E-state index in [0.29, 0.717) is 16.3 Å². The predicted molar refractivity (Wildman–Crippen MR) is 77.1 cm³/mol. The van der Waals surface area contributed by atoms with Gasteiger partial charge in [0.25, 0.3) is 0 Å². The Morgan fingerprint density at radius 2 is 2.05 bits per heavy atom. The van der Waals surface area contributed by atoms with Crippen LogP contribution in [0.4, 0.5) is 0 Å². The molecule has 2 rings (SSSR count). The molecule has 0 atom stereocenters. The molecule has 19 heavy (non-hydrogen) atoms. The van der Waals surface area contributed by atoms with Crippen molar-refractivity contribution in [2.24, 2.45) is 5.92 Å². The molecule has 1 aliphatic heterocycles. The SMILES string of the molecule is CC(C)Oc1ccc(C(=O)C2CCNCC2)c(Cl)c1. The minimum absolute atomic E-state index is 0.0932. The maximum absolute atomic E-state index is 12.4. The van der Waals surface area contributed by atoms with Crippen molar-refractivity contribution in [1.82, 2.24) is 5.32 Å². The van der Waals surface area contributed by atoms with Crippen molar-refractivity contribution in [3.8, 4) is 5.75 Å². The highest BCUT2D eigenvalue weighted by molar-refractivity contribution is 6.34. The molecule has 1 saturated heterocycles. The Bertz CT molecular complexity index is 453. The number of piperidine rings is 1. The average Bonchev–Trinajstić information content (AvgIpc) is 2.38. The number of rotatable bonds is 4. The lowest BCUT2D eigenvalue weighted by Crippen LogP contribution is -2.32. The Balaban J connectivity index is 2.13. The van der Waals surface area contributed by atoms with Crippen LogP contribution in [0, 0.1) is 5.92 Å². The molecule has 1 N–H and O–H groups in total. The first-order valence-electron chi connectivity index (χ1n) is 6.79. The third-order valence-corrected chi connectivity index (χ3v) is 3.60. The van der Waals surface area contributed by atoms with Gasteiger partial charge in [0.1, 0.15) is 5.75 Å². The summed E-state index contributed by atoms with van der Waals surface area (Å²) < 4.78 is 5.57. The monoisotopic (exact) mass is 281 g/mol. The summed E-state index contributed by atoms with van der Waals surface area (Å²) in [6, 6.07) is 5.33. The smallest absolute Gasteiger partial charge is 0.167 e. The van der Waals surface area contributed by atoms with Gasteiger partial charge in [0, 0.05) is 11.5 Å². The molecule has 0 amide bonds. The number of hydrogen-bond acceptors (Lipinski definition) is 3. The van der Waals surface area contributed by atoms with Crippen LogP contribution in [-0.4, -0.2) is 25.0 Å². The lowest BCUT2D eigenvalue weighted by atomic mass is 9.89. The van der Waals surface area contributed by atoms with Gasteiger partial charge in [-0.2, -0.15) is 0 Å². The Morgan fingerprint density at radius 3 is 2.63 bits per heavy atom. The number of benzene rings is 1. The standard InChI is InChI=1S/C15H20ClNO2/c1-10(2)19-12-3-4-13(14(16)9-12)15(18)11-5-7-17-8-6-11/h3-4,9-11,17H,5-8H2,1-2H3. The van der Waals surface area contributed by atoms with Gasteiger partial charge in [-0.25, -0.2) is 0 Å². The van der Waals surface area contributed by atoms with Crippen LogP contribution in [0.1, 0.15) is 37.0 Å². The van der Waals surface area contributed by atoms with Crippen molar-refractivity contribution in [3.63, 3.8) is 0 Å². The molecule has 0 radical (unpaired) electrons. The van der Waals surface area contributed by atoms with E-state index in [4.69, 9.17) is 16.3 Å². The van der Waals surface area contributed by atoms with Gasteiger partial charge < -0.3 is 10.1 Å². The normalized spacial score (nSPS) is 16.6. The van der Waals surface area contributed by atoms with E-state index in [0.717, 1.165) is 25.9 Å². The zero-order valence-corrected chi connectivity index (χ0v) is 12.2. The van der Waals surface area contributed by atoms with Gasteiger partial charge in [-0.3, -0.25) is 4.79 Å². The second kappa shape index (κ2) is 6.40. The molecule has 1 aliphatic rings. The average molecular weight is 282 g/mol. The summed E-state index contributed by atoms with van der Waals surface area (Å²) in [5, 5.41) is 3.75. The highest BCUT2D eigenvalue weighted by Gasteiger charge is 2.24. The van der Waals surface area contributed by atoms with E-state index in [1.54, 1.807) is 12.1 Å².